The van der Waals surface area contributed by atoms with Crippen molar-refractivity contribution in [3.8, 4) is 0 Å². The second-order valence-corrected chi connectivity index (χ2v) is 8.12. The summed E-state index contributed by atoms with van der Waals surface area (Å²) in [7, 11) is -3.14. The van der Waals surface area contributed by atoms with Crippen molar-refractivity contribution in [2.75, 3.05) is 18.1 Å². The third-order valence-electron chi connectivity index (χ3n) is 4.22. The number of carbonyl (C=O) groups is 2. The quantitative estimate of drug-likeness (QED) is 0.760. The van der Waals surface area contributed by atoms with Gasteiger partial charge >= 0.3 is 5.97 Å². The lowest BCUT2D eigenvalue weighted by Crippen LogP contribution is -2.45. The molecule has 122 valence electrons. The highest BCUT2D eigenvalue weighted by atomic mass is 32.2. The Kier molecular flexibility index (Phi) is 6.19. The first kappa shape index (κ1) is 17.9. The van der Waals surface area contributed by atoms with Crippen molar-refractivity contribution < 1.29 is 23.1 Å². The summed E-state index contributed by atoms with van der Waals surface area (Å²) in [6.07, 6.45) is 1.45. The summed E-state index contributed by atoms with van der Waals surface area (Å²) in [4.78, 5) is 25.0. The molecule has 0 aromatic rings. The molecule has 1 rings (SSSR count). The van der Waals surface area contributed by atoms with Crippen LogP contribution < -0.4 is 0 Å². The average molecular weight is 319 g/mol. The molecule has 1 aliphatic carbocycles. The second kappa shape index (κ2) is 7.24. The normalized spacial score (nSPS) is 23.8. The summed E-state index contributed by atoms with van der Waals surface area (Å²) in [5.74, 6) is -1.69. The predicted molar refractivity (Wildman–Crippen MR) is 79.6 cm³/mol. The van der Waals surface area contributed by atoms with E-state index in [9.17, 15) is 18.0 Å². The fourth-order valence-electron chi connectivity index (χ4n) is 2.92. The standard InChI is InChI=1S/C14H25NO5S/c1-4-15(10(3)9-21(19,20)5-2)13(16)11-6-7-12(8-11)14(17)18/h10-12H,4-9H2,1-3H3,(H,17,18)/t10?,11-,12+/m1/s1. The molecule has 0 aliphatic heterocycles. The number of carboxylic acids is 1. The van der Waals surface area contributed by atoms with E-state index in [0.717, 1.165) is 0 Å². The molecule has 0 aromatic heterocycles. The highest BCUT2D eigenvalue weighted by Gasteiger charge is 2.37. The smallest absolute Gasteiger partial charge is 0.306 e. The number of aliphatic carboxylic acids is 1. The van der Waals surface area contributed by atoms with Crippen LogP contribution in [-0.2, 0) is 19.4 Å². The first-order valence-corrected chi connectivity index (χ1v) is 9.27. The molecule has 3 atom stereocenters. The molecule has 6 nitrogen and oxygen atoms in total. The van der Waals surface area contributed by atoms with Crippen LogP contribution in [0.1, 0.15) is 40.0 Å². The van der Waals surface area contributed by atoms with Gasteiger partial charge in [0, 0.05) is 24.3 Å². The Morgan fingerprint density at radius 1 is 1.24 bits per heavy atom. The zero-order valence-electron chi connectivity index (χ0n) is 12.9. The molecular formula is C14H25NO5S. The highest BCUT2D eigenvalue weighted by molar-refractivity contribution is 7.91. The van der Waals surface area contributed by atoms with E-state index >= 15 is 0 Å². The van der Waals surface area contributed by atoms with Gasteiger partial charge in [-0.1, -0.05) is 6.92 Å². The van der Waals surface area contributed by atoms with E-state index in [-0.39, 0.29) is 29.4 Å². The third kappa shape index (κ3) is 4.69. The Hall–Kier alpha value is -1.11. The summed E-state index contributed by atoms with van der Waals surface area (Å²) in [5.41, 5.74) is 0. The van der Waals surface area contributed by atoms with Crippen LogP contribution in [0.25, 0.3) is 0 Å². The molecule has 1 amide bonds. The van der Waals surface area contributed by atoms with Crippen molar-refractivity contribution in [2.45, 2.75) is 46.1 Å². The van der Waals surface area contributed by atoms with Gasteiger partial charge in [-0.15, -0.1) is 0 Å². The van der Waals surface area contributed by atoms with Crippen LogP contribution >= 0.6 is 0 Å². The maximum atomic E-state index is 12.5. The van der Waals surface area contributed by atoms with Crippen LogP contribution in [0.4, 0.5) is 0 Å². The molecule has 0 saturated heterocycles. The lowest BCUT2D eigenvalue weighted by atomic mass is 10.0. The van der Waals surface area contributed by atoms with Gasteiger partial charge < -0.3 is 10.0 Å². The molecule has 0 radical (unpaired) electrons. The molecule has 0 heterocycles. The molecule has 21 heavy (non-hydrogen) atoms. The van der Waals surface area contributed by atoms with Crippen molar-refractivity contribution in [1.29, 1.82) is 0 Å². The number of amides is 1. The molecule has 7 heteroatoms. The van der Waals surface area contributed by atoms with Crippen LogP contribution in [-0.4, -0.2) is 54.4 Å². The molecular weight excluding hydrogens is 294 g/mol. The summed E-state index contributed by atoms with van der Waals surface area (Å²) in [6, 6.07) is -0.378. The Balaban J connectivity index is 2.72. The van der Waals surface area contributed by atoms with E-state index in [1.807, 2.05) is 6.92 Å². The van der Waals surface area contributed by atoms with Crippen LogP contribution in [0.15, 0.2) is 0 Å². The third-order valence-corrected chi connectivity index (χ3v) is 6.09. The molecule has 0 bridgehead atoms. The Labute approximate surface area is 126 Å². The SMILES string of the molecule is CCN(C(=O)[C@@H]1CC[C@H](C(=O)O)C1)C(C)CS(=O)(=O)CC. The number of rotatable bonds is 7. The van der Waals surface area contributed by atoms with E-state index in [4.69, 9.17) is 5.11 Å². The van der Waals surface area contributed by atoms with E-state index in [0.29, 0.717) is 25.8 Å². The van der Waals surface area contributed by atoms with Gasteiger partial charge in [-0.05, 0) is 33.1 Å². The number of sulfone groups is 1. The van der Waals surface area contributed by atoms with Gasteiger partial charge in [0.05, 0.1) is 11.7 Å². The maximum absolute atomic E-state index is 12.5. The Morgan fingerprint density at radius 2 is 1.81 bits per heavy atom. The van der Waals surface area contributed by atoms with Crippen LogP contribution in [0.3, 0.4) is 0 Å². The lowest BCUT2D eigenvalue weighted by Gasteiger charge is -2.30. The Morgan fingerprint density at radius 3 is 2.24 bits per heavy atom. The fourth-order valence-corrected chi connectivity index (χ4v) is 4.08. The first-order chi connectivity index (χ1) is 9.71. The fraction of sp³-hybridized carbons (Fsp3) is 0.857. The van der Waals surface area contributed by atoms with Crippen molar-refractivity contribution in [1.82, 2.24) is 4.90 Å². The van der Waals surface area contributed by atoms with Gasteiger partial charge in [0.15, 0.2) is 9.84 Å². The second-order valence-electron chi connectivity index (χ2n) is 5.72. The molecule has 1 unspecified atom stereocenters. The topological polar surface area (TPSA) is 91.8 Å². The first-order valence-electron chi connectivity index (χ1n) is 7.45. The number of carboxylic acid groups (broad SMARTS) is 1. The number of hydrogen-bond donors (Lipinski definition) is 1. The maximum Gasteiger partial charge on any atom is 0.306 e. The summed E-state index contributed by atoms with van der Waals surface area (Å²) in [6.45, 7) is 5.58. The zero-order chi connectivity index (χ0) is 16.2. The highest BCUT2D eigenvalue weighted by Crippen LogP contribution is 2.32. The van der Waals surface area contributed by atoms with Crippen LogP contribution in [0.2, 0.25) is 0 Å². The zero-order valence-corrected chi connectivity index (χ0v) is 13.7. The molecule has 0 spiro atoms. The molecule has 1 aliphatic rings. The molecule has 0 aromatic carbocycles. The number of nitrogens with zero attached hydrogens (tertiary/aromatic N) is 1. The van der Waals surface area contributed by atoms with Crippen molar-refractivity contribution >= 4 is 21.7 Å². The van der Waals surface area contributed by atoms with Crippen molar-refractivity contribution in [2.24, 2.45) is 11.8 Å². The van der Waals surface area contributed by atoms with E-state index in [1.54, 1.807) is 18.7 Å². The van der Waals surface area contributed by atoms with Crippen LogP contribution in [0.5, 0.6) is 0 Å². The summed E-state index contributed by atoms with van der Waals surface area (Å²) >= 11 is 0. The van der Waals surface area contributed by atoms with Gasteiger partial charge in [0.2, 0.25) is 5.91 Å². The van der Waals surface area contributed by atoms with E-state index < -0.39 is 21.7 Å². The van der Waals surface area contributed by atoms with Crippen molar-refractivity contribution in [3.63, 3.8) is 0 Å². The largest absolute Gasteiger partial charge is 0.481 e. The van der Waals surface area contributed by atoms with E-state index in [2.05, 4.69) is 0 Å². The minimum atomic E-state index is -3.14. The van der Waals surface area contributed by atoms with E-state index in [1.165, 1.54) is 0 Å². The minimum Gasteiger partial charge on any atom is -0.481 e. The summed E-state index contributed by atoms with van der Waals surface area (Å²) in [5, 5.41) is 9.00. The monoisotopic (exact) mass is 319 g/mol. The average Bonchev–Trinajstić information content (AvgIpc) is 2.88. The Bertz CT molecular complexity index is 488. The number of hydrogen-bond acceptors (Lipinski definition) is 4. The number of carbonyl (C=O) groups excluding carboxylic acids is 1. The van der Waals surface area contributed by atoms with Gasteiger partial charge in [0.1, 0.15) is 0 Å². The van der Waals surface area contributed by atoms with Crippen LogP contribution in [0, 0.1) is 11.8 Å². The minimum absolute atomic E-state index is 0.0435. The summed E-state index contributed by atoms with van der Waals surface area (Å²) < 4.78 is 23.4. The van der Waals surface area contributed by atoms with Gasteiger partial charge in [-0.2, -0.15) is 0 Å². The molecule has 1 fully saturated rings. The van der Waals surface area contributed by atoms with Gasteiger partial charge in [0.25, 0.3) is 0 Å². The van der Waals surface area contributed by atoms with Gasteiger partial charge in [-0.25, -0.2) is 8.42 Å². The molecule has 1 saturated carbocycles. The van der Waals surface area contributed by atoms with Crippen molar-refractivity contribution in [3.05, 3.63) is 0 Å². The lowest BCUT2D eigenvalue weighted by molar-refractivity contribution is -0.141. The molecule has 1 N–H and O–H groups in total. The van der Waals surface area contributed by atoms with Gasteiger partial charge in [-0.3, -0.25) is 9.59 Å². The predicted octanol–water partition coefficient (Wildman–Crippen LogP) is 1.16.